The normalized spacial score (nSPS) is 20.3. The summed E-state index contributed by atoms with van der Waals surface area (Å²) in [6.45, 7) is 5.91. The van der Waals surface area contributed by atoms with Crippen LogP contribution in [0.25, 0.3) is 0 Å². The fraction of sp³-hybridized carbons (Fsp3) is 0.444. The maximum Gasteiger partial charge on any atom is 0.258 e. The molecule has 0 bridgehead atoms. The number of anilines is 1. The number of hydrogen-bond donors (Lipinski definition) is 2. The summed E-state index contributed by atoms with van der Waals surface area (Å²) < 4.78 is 46.1. The smallest absolute Gasteiger partial charge is 0.258 e. The number of ether oxygens (including phenoxy) is 3. The molecule has 2 N–H and O–H groups in total. The van der Waals surface area contributed by atoms with Crippen LogP contribution in [0.1, 0.15) is 60.7 Å². The lowest BCUT2D eigenvalue weighted by molar-refractivity contribution is -0.00834. The van der Waals surface area contributed by atoms with Crippen molar-refractivity contribution in [2.45, 2.75) is 63.2 Å². The number of rotatable bonds is 9. The van der Waals surface area contributed by atoms with Crippen molar-refractivity contribution >= 4 is 27.5 Å². The molecule has 1 aliphatic heterocycles. The zero-order valence-electron chi connectivity index (χ0n) is 28.3. The van der Waals surface area contributed by atoms with Gasteiger partial charge in [0.1, 0.15) is 11.5 Å². The number of fused-ring (bicyclic) bond motifs is 1. The molecule has 0 spiro atoms. The van der Waals surface area contributed by atoms with Crippen LogP contribution in [0.15, 0.2) is 77.7 Å². The van der Waals surface area contributed by atoms with Crippen molar-refractivity contribution in [2.24, 2.45) is 5.92 Å². The second kappa shape index (κ2) is 16.9. The molecule has 3 aromatic rings. The molecule has 0 aromatic heterocycles. The minimum absolute atomic E-state index is 0.0524. The number of sulfonamides is 1. The van der Waals surface area contributed by atoms with Gasteiger partial charge in [-0.2, -0.15) is 4.31 Å². The van der Waals surface area contributed by atoms with Gasteiger partial charge in [0, 0.05) is 43.9 Å². The number of nitrogens with one attached hydrogen (secondary N) is 1. The number of aliphatic hydroxyl groups excluding tert-OH is 1. The molecule has 0 aliphatic carbocycles. The van der Waals surface area contributed by atoms with Gasteiger partial charge in [-0.05, 0) is 87.7 Å². The molecule has 1 aliphatic rings. The summed E-state index contributed by atoms with van der Waals surface area (Å²) in [4.78, 5) is 29.0. The molecule has 48 heavy (non-hydrogen) atoms. The van der Waals surface area contributed by atoms with Gasteiger partial charge in [-0.25, -0.2) is 8.42 Å². The third-order valence-electron chi connectivity index (χ3n) is 8.55. The first-order chi connectivity index (χ1) is 22.9. The number of hydrogen-bond acceptors (Lipinski definition) is 8. The minimum atomic E-state index is -3.85. The molecule has 4 rings (SSSR count). The summed E-state index contributed by atoms with van der Waals surface area (Å²) in [6, 6.07) is 19.4. The molecule has 1 heterocycles. The number of benzene rings is 3. The zero-order valence-corrected chi connectivity index (χ0v) is 29.1. The molecule has 4 atom stereocenters. The molecule has 12 heteroatoms. The van der Waals surface area contributed by atoms with Gasteiger partial charge in [-0.15, -0.1) is 0 Å². The van der Waals surface area contributed by atoms with Gasteiger partial charge in [-0.3, -0.25) is 9.59 Å². The van der Waals surface area contributed by atoms with Crippen LogP contribution in [0.2, 0.25) is 0 Å². The number of carbonyl (C=O) groups excluding carboxylic acids is 2. The van der Waals surface area contributed by atoms with E-state index in [1.54, 1.807) is 66.4 Å². The first-order valence-electron chi connectivity index (χ1n) is 16.3. The van der Waals surface area contributed by atoms with Crippen LogP contribution >= 0.6 is 0 Å². The van der Waals surface area contributed by atoms with Crippen molar-refractivity contribution in [2.75, 3.05) is 45.8 Å². The Labute approximate surface area is 283 Å². The van der Waals surface area contributed by atoms with E-state index in [1.807, 2.05) is 19.9 Å². The number of likely N-dealkylation sites (N-methyl/N-ethyl adjacent to an activating group) is 1. The molecule has 2 amide bonds. The Morgan fingerprint density at radius 1 is 1.08 bits per heavy atom. The Kier molecular flexibility index (Phi) is 13.0. The lowest BCUT2D eigenvalue weighted by atomic mass is 10.0. The van der Waals surface area contributed by atoms with Crippen molar-refractivity contribution < 1.29 is 37.3 Å². The predicted molar refractivity (Wildman–Crippen MR) is 184 cm³/mol. The minimum Gasteiger partial charge on any atom is -0.497 e. The Morgan fingerprint density at radius 3 is 2.46 bits per heavy atom. The fourth-order valence-electron chi connectivity index (χ4n) is 5.53. The van der Waals surface area contributed by atoms with Gasteiger partial charge < -0.3 is 29.5 Å². The maximum absolute atomic E-state index is 14.4. The standard InChI is InChI=1S/C36H47N3O8S/c1-25-22-39(26(2)24-40)36(42)32-21-29(37-35(41)28-12-7-6-8-13-28)14-19-33(32)47-27(3)11-9-10-20-46-34(25)23-38(4)48(43,44)31-17-15-30(45-5)16-18-31/h6-8,12-19,21,25-27,34,40H,9-11,20,22-24H2,1-5H3,(H,37,41)/t25-,26+,27+,34+/m0/s1. The second-order valence-electron chi connectivity index (χ2n) is 12.3. The summed E-state index contributed by atoms with van der Waals surface area (Å²) in [5.74, 6) is -0.112. The van der Waals surface area contributed by atoms with Gasteiger partial charge in [0.15, 0.2) is 0 Å². The highest BCUT2D eigenvalue weighted by Gasteiger charge is 2.32. The predicted octanol–water partition coefficient (Wildman–Crippen LogP) is 5.06. The first-order valence-corrected chi connectivity index (χ1v) is 17.7. The van der Waals surface area contributed by atoms with Crippen molar-refractivity contribution in [3.63, 3.8) is 0 Å². The molecule has 260 valence electrons. The van der Waals surface area contributed by atoms with Crippen LogP contribution < -0.4 is 14.8 Å². The third kappa shape index (κ3) is 9.34. The van der Waals surface area contributed by atoms with Gasteiger partial charge >= 0.3 is 0 Å². The van der Waals surface area contributed by atoms with Gasteiger partial charge in [0.25, 0.3) is 11.8 Å². The Balaban J connectivity index is 1.64. The molecule has 0 unspecified atom stereocenters. The topological polar surface area (TPSA) is 135 Å². The van der Waals surface area contributed by atoms with Gasteiger partial charge in [0.2, 0.25) is 10.0 Å². The number of carbonyl (C=O) groups is 2. The Morgan fingerprint density at radius 2 is 1.79 bits per heavy atom. The molecule has 0 saturated carbocycles. The lowest BCUT2D eigenvalue weighted by Gasteiger charge is -2.35. The van der Waals surface area contributed by atoms with Crippen LogP contribution in [0, 0.1) is 5.92 Å². The van der Waals surface area contributed by atoms with Crippen molar-refractivity contribution in [3.8, 4) is 11.5 Å². The fourth-order valence-corrected chi connectivity index (χ4v) is 6.72. The average Bonchev–Trinajstić information content (AvgIpc) is 3.09. The zero-order chi connectivity index (χ0) is 34.8. The van der Waals surface area contributed by atoms with Crippen molar-refractivity contribution in [3.05, 3.63) is 83.9 Å². The van der Waals surface area contributed by atoms with Crippen LogP contribution in [-0.4, -0.2) is 93.3 Å². The molecule has 3 aromatic carbocycles. The molecule has 0 radical (unpaired) electrons. The van der Waals surface area contributed by atoms with E-state index >= 15 is 0 Å². The summed E-state index contributed by atoms with van der Waals surface area (Å²) in [7, 11) is -0.818. The number of methoxy groups -OCH3 is 1. The monoisotopic (exact) mass is 681 g/mol. The van der Waals surface area contributed by atoms with Crippen molar-refractivity contribution in [1.82, 2.24) is 9.21 Å². The summed E-state index contributed by atoms with van der Waals surface area (Å²) in [6.07, 6.45) is 1.45. The Bertz CT molecular complexity index is 1620. The first kappa shape index (κ1) is 36.9. The highest BCUT2D eigenvalue weighted by atomic mass is 32.2. The summed E-state index contributed by atoms with van der Waals surface area (Å²) in [5.41, 5.74) is 1.14. The lowest BCUT2D eigenvalue weighted by Crippen LogP contribution is -2.48. The van der Waals surface area contributed by atoms with E-state index in [4.69, 9.17) is 14.2 Å². The number of amides is 2. The van der Waals surface area contributed by atoms with E-state index < -0.39 is 28.1 Å². The summed E-state index contributed by atoms with van der Waals surface area (Å²) >= 11 is 0. The quantitative estimate of drug-likeness (QED) is 0.320. The van der Waals surface area contributed by atoms with Crippen LogP contribution in [0.4, 0.5) is 5.69 Å². The van der Waals surface area contributed by atoms with E-state index in [-0.39, 0.29) is 48.1 Å². The molecule has 11 nitrogen and oxygen atoms in total. The van der Waals surface area contributed by atoms with Crippen LogP contribution in [0.3, 0.4) is 0 Å². The van der Waals surface area contributed by atoms with E-state index in [0.29, 0.717) is 35.8 Å². The van der Waals surface area contributed by atoms with Gasteiger partial charge in [-0.1, -0.05) is 25.1 Å². The number of nitrogens with zero attached hydrogens (tertiary/aromatic N) is 2. The largest absolute Gasteiger partial charge is 0.497 e. The van der Waals surface area contributed by atoms with Crippen molar-refractivity contribution in [1.29, 1.82) is 0 Å². The average molecular weight is 682 g/mol. The Hall–Kier alpha value is -3.97. The maximum atomic E-state index is 14.4. The summed E-state index contributed by atoms with van der Waals surface area (Å²) in [5, 5.41) is 13.1. The second-order valence-corrected chi connectivity index (χ2v) is 14.3. The molecule has 0 saturated heterocycles. The van der Waals surface area contributed by atoms with E-state index in [0.717, 1.165) is 12.8 Å². The highest BCUT2D eigenvalue weighted by molar-refractivity contribution is 7.89. The third-order valence-corrected chi connectivity index (χ3v) is 10.4. The highest BCUT2D eigenvalue weighted by Crippen LogP contribution is 2.29. The van der Waals surface area contributed by atoms with Gasteiger partial charge in [0.05, 0.1) is 42.4 Å². The van der Waals surface area contributed by atoms with E-state index in [2.05, 4.69) is 5.32 Å². The van der Waals surface area contributed by atoms with E-state index in [1.165, 1.54) is 30.6 Å². The molecule has 0 fully saturated rings. The SMILES string of the molecule is COc1ccc(S(=O)(=O)N(C)C[C@H]2OCCCC[C@@H](C)Oc3ccc(NC(=O)c4ccccc4)cc3C(=O)N([C@H](C)CO)C[C@@H]2C)cc1. The number of aliphatic hydroxyl groups is 1. The van der Waals surface area contributed by atoms with Crippen LogP contribution in [-0.2, 0) is 14.8 Å². The van der Waals surface area contributed by atoms with Crippen LogP contribution in [0.5, 0.6) is 11.5 Å². The molecular weight excluding hydrogens is 634 g/mol. The molecular formula is C36H47N3O8S. The van der Waals surface area contributed by atoms with E-state index in [9.17, 15) is 23.1 Å².